The minimum absolute atomic E-state index is 0.122. The number of rotatable bonds is 4. The molecule has 0 aliphatic rings. The quantitative estimate of drug-likeness (QED) is 0.672. The normalized spacial score (nSPS) is 17.5. The zero-order valence-electron chi connectivity index (χ0n) is 6.79. The van der Waals surface area contributed by atoms with Crippen molar-refractivity contribution >= 4 is 0 Å². The molecule has 1 nitrogen and oxygen atoms in total. The molecule has 0 fully saturated rings. The third-order valence-electron chi connectivity index (χ3n) is 1.69. The van der Waals surface area contributed by atoms with Crippen LogP contribution in [0.3, 0.4) is 0 Å². The van der Waals surface area contributed by atoms with Gasteiger partial charge in [0.1, 0.15) is 0 Å². The molecule has 0 spiro atoms. The fourth-order valence-electron chi connectivity index (χ4n) is 0.767. The maximum absolute atomic E-state index is 12.8. The van der Waals surface area contributed by atoms with Crippen LogP contribution in [0.15, 0.2) is 0 Å². The van der Waals surface area contributed by atoms with Crippen LogP contribution >= 0.6 is 0 Å². The number of halogens is 4. The van der Waals surface area contributed by atoms with Crippen molar-refractivity contribution < 1.29 is 22.7 Å². The van der Waals surface area contributed by atoms with E-state index in [9.17, 15) is 17.6 Å². The van der Waals surface area contributed by atoms with E-state index in [1.54, 1.807) is 6.92 Å². The Morgan fingerprint density at radius 3 is 1.92 bits per heavy atom. The van der Waals surface area contributed by atoms with Crippen molar-refractivity contribution in [3.8, 4) is 0 Å². The molecule has 0 aliphatic carbocycles. The van der Waals surface area contributed by atoms with Crippen molar-refractivity contribution in [2.75, 3.05) is 6.61 Å². The highest BCUT2D eigenvalue weighted by Gasteiger charge is 2.54. The number of hydrogen-bond donors (Lipinski definition) is 1. The predicted molar refractivity (Wildman–Crippen MR) is 36.5 cm³/mol. The number of hydrogen-bond acceptors (Lipinski definition) is 1. The maximum Gasteiger partial charge on any atom is 0.424 e. The van der Waals surface area contributed by atoms with Crippen molar-refractivity contribution in [1.82, 2.24) is 0 Å². The van der Waals surface area contributed by atoms with Gasteiger partial charge in [0.05, 0.1) is 6.61 Å². The first kappa shape index (κ1) is 11.7. The summed E-state index contributed by atoms with van der Waals surface area (Å²) >= 11 is 0. The molecule has 0 aromatic carbocycles. The summed E-state index contributed by atoms with van der Waals surface area (Å²) in [5.74, 6) is 0. The Morgan fingerprint density at radius 1 is 1.17 bits per heavy atom. The molecule has 1 N–H and O–H groups in total. The Labute approximate surface area is 68.4 Å². The summed E-state index contributed by atoms with van der Waals surface area (Å²) < 4.78 is 48.5. The maximum atomic E-state index is 12.8. The fourth-order valence-corrected chi connectivity index (χ4v) is 0.767. The van der Waals surface area contributed by atoms with Crippen LogP contribution in [0.2, 0.25) is 0 Å². The molecule has 12 heavy (non-hydrogen) atoms. The molecule has 5 heteroatoms. The van der Waals surface area contributed by atoms with Crippen LogP contribution in [0, 0.1) is 0 Å². The summed E-state index contributed by atoms with van der Waals surface area (Å²) in [4.78, 5) is 0. The van der Waals surface area contributed by atoms with Crippen LogP contribution < -0.4 is 0 Å². The standard InChI is InChI=1S/C7H12F4O/c1-2-3-4-6(8,5-12)7(9,10)11/h12H,2-5H2,1H3/t6-/m0/s1. The highest BCUT2D eigenvalue weighted by atomic mass is 19.4. The summed E-state index contributed by atoms with van der Waals surface area (Å²) in [6.45, 7) is 0.171. The second-order valence-corrected chi connectivity index (χ2v) is 2.72. The summed E-state index contributed by atoms with van der Waals surface area (Å²) in [6, 6.07) is 0. The van der Waals surface area contributed by atoms with Gasteiger partial charge in [0, 0.05) is 0 Å². The molecule has 0 rings (SSSR count). The van der Waals surface area contributed by atoms with Gasteiger partial charge in [-0.15, -0.1) is 0 Å². The van der Waals surface area contributed by atoms with Gasteiger partial charge in [0.25, 0.3) is 0 Å². The molecule has 1 atom stereocenters. The molecule has 0 unspecified atom stereocenters. The zero-order valence-corrected chi connectivity index (χ0v) is 6.79. The molecule has 0 bridgehead atoms. The average Bonchev–Trinajstić information content (AvgIpc) is 1.98. The molecule has 0 heterocycles. The number of alkyl halides is 4. The second-order valence-electron chi connectivity index (χ2n) is 2.72. The first-order valence-corrected chi connectivity index (χ1v) is 3.74. The monoisotopic (exact) mass is 188 g/mol. The first-order chi connectivity index (χ1) is 5.37. The van der Waals surface area contributed by atoms with Crippen LogP contribution in [0.4, 0.5) is 17.6 Å². The number of aliphatic hydroxyl groups is 1. The summed E-state index contributed by atoms with van der Waals surface area (Å²) in [6.07, 6.45) is -5.03. The summed E-state index contributed by atoms with van der Waals surface area (Å²) in [7, 11) is 0. The Hall–Kier alpha value is -0.320. The lowest BCUT2D eigenvalue weighted by molar-refractivity contribution is -0.243. The third-order valence-corrected chi connectivity index (χ3v) is 1.69. The van der Waals surface area contributed by atoms with E-state index in [4.69, 9.17) is 5.11 Å². The van der Waals surface area contributed by atoms with E-state index in [1.165, 1.54) is 0 Å². The second kappa shape index (κ2) is 4.07. The van der Waals surface area contributed by atoms with Gasteiger partial charge in [-0.25, -0.2) is 4.39 Å². The molecular formula is C7H12F4O. The van der Waals surface area contributed by atoms with Gasteiger partial charge < -0.3 is 5.11 Å². The lowest BCUT2D eigenvalue weighted by atomic mass is 9.99. The highest BCUT2D eigenvalue weighted by molar-refractivity contribution is 4.86. The number of aliphatic hydroxyl groups excluding tert-OH is 1. The van der Waals surface area contributed by atoms with Crippen molar-refractivity contribution in [3.63, 3.8) is 0 Å². The van der Waals surface area contributed by atoms with Crippen molar-refractivity contribution in [1.29, 1.82) is 0 Å². The van der Waals surface area contributed by atoms with Crippen LogP contribution in [-0.2, 0) is 0 Å². The largest absolute Gasteiger partial charge is 0.424 e. The molecule has 0 saturated carbocycles. The van der Waals surface area contributed by atoms with E-state index in [0.29, 0.717) is 6.42 Å². The van der Waals surface area contributed by atoms with E-state index in [2.05, 4.69) is 0 Å². The predicted octanol–water partition coefficient (Wildman–Crippen LogP) is 2.44. The molecule has 0 saturated heterocycles. The fraction of sp³-hybridized carbons (Fsp3) is 1.00. The minimum Gasteiger partial charge on any atom is -0.393 e. The van der Waals surface area contributed by atoms with Gasteiger partial charge in [-0.05, 0) is 6.42 Å². The SMILES string of the molecule is CCCC[C@](F)(CO)C(F)(F)F. The molecule has 0 aliphatic heterocycles. The van der Waals surface area contributed by atoms with Crippen molar-refractivity contribution in [3.05, 3.63) is 0 Å². The third kappa shape index (κ3) is 2.62. The van der Waals surface area contributed by atoms with Gasteiger partial charge in [-0.2, -0.15) is 13.2 Å². The van der Waals surface area contributed by atoms with Crippen LogP contribution in [0.1, 0.15) is 26.2 Å². The zero-order chi connectivity index (χ0) is 9.83. The summed E-state index contributed by atoms with van der Waals surface area (Å²) in [5.41, 5.74) is -3.41. The van der Waals surface area contributed by atoms with Gasteiger partial charge >= 0.3 is 6.18 Å². The smallest absolute Gasteiger partial charge is 0.393 e. The Kier molecular flexibility index (Phi) is 3.96. The first-order valence-electron chi connectivity index (χ1n) is 3.74. The van der Waals surface area contributed by atoms with E-state index in [0.717, 1.165) is 0 Å². The lowest BCUT2D eigenvalue weighted by Gasteiger charge is -2.25. The van der Waals surface area contributed by atoms with Gasteiger partial charge in [0.15, 0.2) is 0 Å². The van der Waals surface area contributed by atoms with Crippen LogP contribution in [0.5, 0.6) is 0 Å². The molecule has 0 aromatic rings. The Bertz CT molecular complexity index is 134. The molecule has 0 amide bonds. The van der Waals surface area contributed by atoms with E-state index in [1.807, 2.05) is 0 Å². The van der Waals surface area contributed by atoms with Gasteiger partial charge in [-0.1, -0.05) is 19.8 Å². The van der Waals surface area contributed by atoms with Crippen LogP contribution in [0.25, 0.3) is 0 Å². The van der Waals surface area contributed by atoms with E-state index >= 15 is 0 Å². The highest BCUT2D eigenvalue weighted by Crippen LogP contribution is 2.37. The van der Waals surface area contributed by atoms with Gasteiger partial charge in [-0.3, -0.25) is 0 Å². The Balaban J connectivity index is 4.24. The lowest BCUT2D eigenvalue weighted by Crippen LogP contribution is -2.44. The summed E-state index contributed by atoms with van der Waals surface area (Å²) in [5, 5.41) is 8.25. The molecule has 0 aromatic heterocycles. The minimum atomic E-state index is -4.96. The van der Waals surface area contributed by atoms with Crippen LogP contribution in [-0.4, -0.2) is 23.6 Å². The molecule has 74 valence electrons. The number of unbranched alkanes of at least 4 members (excludes halogenated alkanes) is 1. The van der Waals surface area contributed by atoms with Crippen molar-refractivity contribution in [2.45, 2.75) is 38.0 Å². The topological polar surface area (TPSA) is 20.2 Å². The van der Waals surface area contributed by atoms with Gasteiger partial charge in [0.2, 0.25) is 5.67 Å². The molecule has 0 radical (unpaired) electrons. The Morgan fingerprint density at radius 2 is 1.67 bits per heavy atom. The van der Waals surface area contributed by atoms with E-state index in [-0.39, 0.29) is 6.42 Å². The molecular weight excluding hydrogens is 176 g/mol. The van der Waals surface area contributed by atoms with Crippen molar-refractivity contribution in [2.24, 2.45) is 0 Å². The van der Waals surface area contributed by atoms with E-state index < -0.39 is 24.9 Å². The average molecular weight is 188 g/mol.